The first-order chi connectivity index (χ1) is 8.39. The first kappa shape index (κ1) is 14.3. The molecule has 2 fully saturated rings. The highest BCUT2D eigenvalue weighted by atomic mass is 16.3. The predicted molar refractivity (Wildman–Crippen MR) is 76.6 cm³/mol. The fourth-order valence-electron chi connectivity index (χ4n) is 3.89. The largest absolute Gasteiger partial charge is 0.391 e. The molecule has 2 heteroatoms. The Morgan fingerprint density at radius 2 is 1.78 bits per heavy atom. The predicted octanol–water partition coefficient (Wildman–Crippen LogP) is 3.44. The molecule has 0 aromatic rings. The van der Waals surface area contributed by atoms with Crippen molar-refractivity contribution in [1.82, 2.24) is 4.90 Å². The van der Waals surface area contributed by atoms with Crippen LogP contribution in [0.2, 0.25) is 0 Å². The van der Waals surface area contributed by atoms with Gasteiger partial charge in [0, 0.05) is 12.1 Å². The van der Waals surface area contributed by atoms with Crippen molar-refractivity contribution in [3.8, 4) is 0 Å². The van der Waals surface area contributed by atoms with Gasteiger partial charge in [-0.25, -0.2) is 0 Å². The number of aliphatic hydroxyl groups is 1. The number of hydrogen-bond acceptors (Lipinski definition) is 2. The van der Waals surface area contributed by atoms with Crippen LogP contribution in [-0.2, 0) is 0 Å². The summed E-state index contributed by atoms with van der Waals surface area (Å²) in [5.41, 5.74) is 0.386. The zero-order valence-electron chi connectivity index (χ0n) is 12.7. The lowest BCUT2D eigenvalue weighted by molar-refractivity contribution is -0.0399. The summed E-state index contributed by atoms with van der Waals surface area (Å²) in [5, 5.41) is 10.4. The summed E-state index contributed by atoms with van der Waals surface area (Å²) < 4.78 is 0. The van der Waals surface area contributed by atoms with Crippen LogP contribution >= 0.6 is 0 Å². The van der Waals surface area contributed by atoms with Crippen molar-refractivity contribution in [3.05, 3.63) is 0 Å². The number of aliphatic hydroxyl groups excluding tert-OH is 1. The summed E-state index contributed by atoms with van der Waals surface area (Å²) in [6.07, 6.45) is 7.28. The summed E-state index contributed by atoms with van der Waals surface area (Å²) in [6.45, 7) is 10.6. The molecule has 1 aliphatic heterocycles. The molecule has 1 N–H and O–H groups in total. The Bertz CT molecular complexity index is 271. The van der Waals surface area contributed by atoms with Crippen LogP contribution in [0.15, 0.2) is 0 Å². The lowest BCUT2D eigenvalue weighted by atomic mass is 9.69. The fourth-order valence-corrected chi connectivity index (χ4v) is 3.89. The van der Waals surface area contributed by atoms with Gasteiger partial charge in [0.2, 0.25) is 0 Å². The molecule has 18 heavy (non-hydrogen) atoms. The van der Waals surface area contributed by atoms with Crippen molar-refractivity contribution in [2.24, 2.45) is 11.3 Å². The van der Waals surface area contributed by atoms with Crippen LogP contribution in [0.25, 0.3) is 0 Å². The van der Waals surface area contributed by atoms with Crippen molar-refractivity contribution in [3.63, 3.8) is 0 Å². The van der Waals surface area contributed by atoms with Gasteiger partial charge >= 0.3 is 0 Å². The average molecular weight is 253 g/mol. The van der Waals surface area contributed by atoms with Crippen LogP contribution in [0.5, 0.6) is 0 Å². The summed E-state index contributed by atoms with van der Waals surface area (Å²) in [6, 6.07) is 1.08. The molecule has 0 bridgehead atoms. The van der Waals surface area contributed by atoms with Crippen LogP contribution in [0.1, 0.15) is 66.2 Å². The molecule has 1 aliphatic carbocycles. The molecular formula is C16H31NO. The Balaban J connectivity index is 2.05. The third-order valence-electron chi connectivity index (χ3n) is 5.29. The quantitative estimate of drug-likeness (QED) is 0.774. The normalized spacial score (nSPS) is 39.8. The van der Waals surface area contributed by atoms with Gasteiger partial charge in [0.15, 0.2) is 0 Å². The van der Waals surface area contributed by atoms with Crippen molar-refractivity contribution in [2.45, 2.75) is 84.4 Å². The highest BCUT2D eigenvalue weighted by Crippen LogP contribution is 2.40. The third-order valence-corrected chi connectivity index (χ3v) is 5.29. The van der Waals surface area contributed by atoms with Gasteiger partial charge in [-0.2, -0.15) is 0 Å². The van der Waals surface area contributed by atoms with Gasteiger partial charge in [0.1, 0.15) is 0 Å². The van der Waals surface area contributed by atoms with Gasteiger partial charge in [-0.05, 0) is 56.9 Å². The average Bonchev–Trinajstić information content (AvgIpc) is 2.29. The smallest absolute Gasteiger partial charge is 0.0695 e. The Labute approximate surface area is 113 Å². The number of piperidine rings is 1. The molecular weight excluding hydrogens is 222 g/mol. The van der Waals surface area contributed by atoms with Gasteiger partial charge in [0.25, 0.3) is 0 Å². The second kappa shape index (κ2) is 5.50. The topological polar surface area (TPSA) is 23.5 Å². The van der Waals surface area contributed by atoms with Crippen molar-refractivity contribution in [1.29, 1.82) is 0 Å². The molecule has 2 rings (SSSR count). The van der Waals surface area contributed by atoms with E-state index in [4.69, 9.17) is 0 Å². The molecule has 2 nitrogen and oxygen atoms in total. The molecule has 0 radical (unpaired) electrons. The number of likely N-dealkylation sites (tertiary alicyclic amines) is 1. The summed E-state index contributed by atoms with van der Waals surface area (Å²) in [7, 11) is 0. The van der Waals surface area contributed by atoms with Crippen LogP contribution in [0.3, 0.4) is 0 Å². The van der Waals surface area contributed by atoms with Gasteiger partial charge in [0.05, 0.1) is 6.10 Å². The minimum Gasteiger partial charge on any atom is -0.391 e. The van der Waals surface area contributed by atoms with E-state index >= 15 is 0 Å². The van der Waals surface area contributed by atoms with E-state index in [9.17, 15) is 5.11 Å². The van der Waals surface area contributed by atoms with E-state index in [-0.39, 0.29) is 6.10 Å². The van der Waals surface area contributed by atoms with E-state index in [2.05, 4.69) is 32.6 Å². The Morgan fingerprint density at radius 3 is 2.39 bits per heavy atom. The van der Waals surface area contributed by atoms with Gasteiger partial charge in [-0.3, -0.25) is 4.90 Å². The molecule has 2 aliphatic rings. The Hall–Kier alpha value is -0.0800. The third kappa shape index (κ3) is 3.08. The van der Waals surface area contributed by atoms with E-state index < -0.39 is 0 Å². The van der Waals surface area contributed by atoms with Gasteiger partial charge in [-0.15, -0.1) is 0 Å². The molecule has 0 aromatic heterocycles. The standard InChI is InChI=1S/C16H31NO/c1-12-7-5-6-10-17(12)14-11-13(16(2,3)4)8-9-15(14)18/h12-15,18H,5-11H2,1-4H3. The lowest BCUT2D eigenvalue weighted by Gasteiger charge is -2.48. The summed E-state index contributed by atoms with van der Waals surface area (Å²) >= 11 is 0. The highest BCUT2D eigenvalue weighted by molar-refractivity contribution is 4.93. The molecule has 4 unspecified atom stereocenters. The summed E-state index contributed by atoms with van der Waals surface area (Å²) in [5.74, 6) is 0.764. The molecule has 1 saturated carbocycles. The zero-order valence-corrected chi connectivity index (χ0v) is 12.7. The number of nitrogens with zero attached hydrogens (tertiary/aromatic N) is 1. The fraction of sp³-hybridized carbons (Fsp3) is 1.00. The highest BCUT2D eigenvalue weighted by Gasteiger charge is 2.39. The zero-order chi connectivity index (χ0) is 13.3. The maximum Gasteiger partial charge on any atom is 0.0695 e. The molecule has 106 valence electrons. The van der Waals surface area contributed by atoms with Crippen LogP contribution in [0, 0.1) is 11.3 Å². The van der Waals surface area contributed by atoms with E-state index in [1.54, 1.807) is 0 Å². The van der Waals surface area contributed by atoms with Crippen molar-refractivity contribution >= 4 is 0 Å². The Morgan fingerprint density at radius 1 is 1.06 bits per heavy atom. The maximum atomic E-state index is 10.4. The minimum atomic E-state index is -0.0934. The van der Waals surface area contributed by atoms with Crippen molar-refractivity contribution in [2.75, 3.05) is 6.54 Å². The SMILES string of the molecule is CC1CCCCN1C1CC(C(C)(C)C)CCC1O. The Kier molecular flexibility index (Phi) is 4.38. The first-order valence-electron chi connectivity index (χ1n) is 7.83. The van der Waals surface area contributed by atoms with E-state index in [1.165, 1.54) is 38.6 Å². The second-order valence-corrected chi connectivity index (χ2v) is 7.59. The molecule has 1 heterocycles. The second-order valence-electron chi connectivity index (χ2n) is 7.59. The first-order valence-corrected chi connectivity index (χ1v) is 7.83. The number of hydrogen-bond donors (Lipinski definition) is 1. The van der Waals surface area contributed by atoms with E-state index in [0.29, 0.717) is 17.5 Å². The minimum absolute atomic E-state index is 0.0934. The molecule has 0 spiro atoms. The monoisotopic (exact) mass is 253 g/mol. The van der Waals surface area contributed by atoms with Gasteiger partial charge in [-0.1, -0.05) is 27.2 Å². The molecule has 0 aromatic carbocycles. The van der Waals surface area contributed by atoms with Gasteiger partial charge < -0.3 is 5.11 Å². The van der Waals surface area contributed by atoms with Crippen LogP contribution in [-0.4, -0.2) is 34.7 Å². The van der Waals surface area contributed by atoms with Crippen molar-refractivity contribution < 1.29 is 5.11 Å². The lowest BCUT2D eigenvalue weighted by Crippen LogP contribution is -2.53. The molecule has 1 saturated heterocycles. The van der Waals surface area contributed by atoms with Crippen LogP contribution in [0.4, 0.5) is 0 Å². The maximum absolute atomic E-state index is 10.4. The van der Waals surface area contributed by atoms with E-state index in [0.717, 1.165) is 12.3 Å². The summed E-state index contributed by atoms with van der Waals surface area (Å²) in [4.78, 5) is 2.60. The molecule has 0 amide bonds. The number of rotatable bonds is 1. The van der Waals surface area contributed by atoms with E-state index in [1.807, 2.05) is 0 Å². The van der Waals surface area contributed by atoms with Crippen LogP contribution < -0.4 is 0 Å². The molecule has 4 atom stereocenters.